The van der Waals surface area contributed by atoms with Gasteiger partial charge in [-0.15, -0.1) is 0 Å². The standard InChI is InChI=1S/C10H12O2/c1-6-2-3-7-5-9(11)10(12)8(7)4-6/h2-4,9-12H,5H2,1H3. The molecule has 2 nitrogen and oxygen atoms in total. The second kappa shape index (κ2) is 2.57. The molecule has 0 radical (unpaired) electrons. The third-order valence-electron chi connectivity index (χ3n) is 2.41. The molecule has 1 aromatic rings. The lowest BCUT2D eigenvalue weighted by Gasteiger charge is -2.07. The third kappa shape index (κ3) is 1.04. The number of benzene rings is 1. The van der Waals surface area contributed by atoms with E-state index in [1.807, 2.05) is 25.1 Å². The van der Waals surface area contributed by atoms with E-state index in [0.29, 0.717) is 6.42 Å². The average molecular weight is 164 g/mol. The van der Waals surface area contributed by atoms with Gasteiger partial charge in [0.15, 0.2) is 0 Å². The topological polar surface area (TPSA) is 40.5 Å². The highest BCUT2D eigenvalue weighted by atomic mass is 16.3. The van der Waals surface area contributed by atoms with Gasteiger partial charge in [-0.25, -0.2) is 0 Å². The van der Waals surface area contributed by atoms with Crippen molar-refractivity contribution in [2.24, 2.45) is 0 Å². The summed E-state index contributed by atoms with van der Waals surface area (Å²) in [6, 6.07) is 5.92. The van der Waals surface area contributed by atoms with E-state index in [9.17, 15) is 10.2 Å². The molecule has 64 valence electrons. The normalized spacial score (nSPS) is 27.2. The highest BCUT2D eigenvalue weighted by molar-refractivity contribution is 5.38. The molecule has 1 aliphatic rings. The monoisotopic (exact) mass is 164 g/mol. The summed E-state index contributed by atoms with van der Waals surface area (Å²) in [5, 5.41) is 18.9. The minimum Gasteiger partial charge on any atom is -0.390 e. The lowest BCUT2D eigenvalue weighted by atomic mass is 10.1. The van der Waals surface area contributed by atoms with Gasteiger partial charge in [0.2, 0.25) is 0 Å². The van der Waals surface area contributed by atoms with Crippen LogP contribution < -0.4 is 0 Å². The fourth-order valence-corrected chi connectivity index (χ4v) is 1.72. The Balaban J connectivity index is 2.48. The predicted octanol–water partition coefficient (Wildman–Crippen LogP) is 0.945. The van der Waals surface area contributed by atoms with Crippen molar-refractivity contribution in [1.82, 2.24) is 0 Å². The molecule has 1 aliphatic carbocycles. The van der Waals surface area contributed by atoms with Crippen molar-refractivity contribution in [3.8, 4) is 0 Å². The van der Waals surface area contributed by atoms with Crippen LogP contribution in [-0.4, -0.2) is 16.3 Å². The van der Waals surface area contributed by atoms with Crippen molar-refractivity contribution in [1.29, 1.82) is 0 Å². The summed E-state index contributed by atoms with van der Waals surface area (Å²) in [5.41, 5.74) is 3.09. The highest BCUT2D eigenvalue weighted by Gasteiger charge is 2.28. The van der Waals surface area contributed by atoms with Gasteiger partial charge in [0, 0.05) is 6.42 Å². The summed E-state index contributed by atoms with van der Waals surface area (Å²) in [7, 11) is 0. The Morgan fingerprint density at radius 2 is 2.08 bits per heavy atom. The molecular formula is C10H12O2. The maximum Gasteiger partial charge on any atom is 0.105 e. The maximum atomic E-state index is 9.52. The summed E-state index contributed by atoms with van der Waals surface area (Å²) in [5.74, 6) is 0. The minimum absolute atomic E-state index is 0.580. The fourth-order valence-electron chi connectivity index (χ4n) is 1.72. The first-order chi connectivity index (χ1) is 5.68. The first-order valence-corrected chi connectivity index (χ1v) is 4.14. The molecule has 2 N–H and O–H groups in total. The number of fused-ring (bicyclic) bond motifs is 1. The van der Waals surface area contributed by atoms with E-state index in [0.717, 1.165) is 16.7 Å². The molecule has 0 aromatic heterocycles. The lowest BCUT2D eigenvalue weighted by Crippen LogP contribution is -2.11. The van der Waals surface area contributed by atoms with Crippen LogP contribution in [0.3, 0.4) is 0 Å². The van der Waals surface area contributed by atoms with Gasteiger partial charge in [0.05, 0.1) is 6.10 Å². The van der Waals surface area contributed by atoms with Gasteiger partial charge >= 0.3 is 0 Å². The molecule has 2 heteroatoms. The summed E-state index contributed by atoms with van der Waals surface area (Å²) in [4.78, 5) is 0. The van der Waals surface area contributed by atoms with Crippen LogP contribution in [0, 0.1) is 6.92 Å². The van der Waals surface area contributed by atoms with Crippen molar-refractivity contribution >= 4 is 0 Å². The Morgan fingerprint density at radius 1 is 1.33 bits per heavy atom. The van der Waals surface area contributed by atoms with Gasteiger partial charge in [-0.3, -0.25) is 0 Å². The molecule has 0 bridgehead atoms. The van der Waals surface area contributed by atoms with Gasteiger partial charge in [-0.1, -0.05) is 23.8 Å². The molecular weight excluding hydrogens is 152 g/mol. The Hall–Kier alpha value is -0.860. The van der Waals surface area contributed by atoms with E-state index < -0.39 is 12.2 Å². The number of hydrogen-bond donors (Lipinski definition) is 2. The fraction of sp³-hybridized carbons (Fsp3) is 0.400. The number of hydrogen-bond acceptors (Lipinski definition) is 2. The molecule has 12 heavy (non-hydrogen) atoms. The molecule has 0 aliphatic heterocycles. The van der Waals surface area contributed by atoms with Crippen LogP contribution >= 0.6 is 0 Å². The lowest BCUT2D eigenvalue weighted by molar-refractivity contribution is 0.0326. The van der Waals surface area contributed by atoms with Crippen molar-refractivity contribution in [2.75, 3.05) is 0 Å². The molecule has 0 amide bonds. The second-order valence-electron chi connectivity index (χ2n) is 3.42. The average Bonchev–Trinajstić information content (AvgIpc) is 2.31. The van der Waals surface area contributed by atoms with Crippen molar-refractivity contribution in [3.05, 3.63) is 34.9 Å². The molecule has 2 rings (SSSR count). The zero-order chi connectivity index (χ0) is 8.72. The van der Waals surface area contributed by atoms with Crippen molar-refractivity contribution in [2.45, 2.75) is 25.6 Å². The highest BCUT2D eigenvalue weighted by Crippen LogP contribution is 2.31. The van der Waals surface area contributed by atoms with E-state index in [4.69, 9.17) is 0 Å². The Morgan fingerprint density at radius 3 is 2.83 bits per heavy atom. The van der Waals surface area contributed by atoms with Crippen LogP contribution in [0.25, 0.3) is 0 Å². The van der Waals surface area contributed by atoms with E-state index in [1.54, 1.807) is 0 Å². The van der Waals surface area contributed by atoms with E-state index >= 15 is 0 Å². The van der Waals surface area contributed by atoms with Gasteiger partial charge in [0.25, 0.3) is 0 Å². The summed E-state index contributed by atoms with van der Waals surface area (Å²) >= 11 is 0. The summed E-state index contributed by atoms with van der Waals surface area (Å²) in [6.07, 6.45) is -0.710. The van der Waals surface area contributed by atoms with Crippen LogP contribution in [0.5, 0.6) is 0 Å². The zero-order valence-corrected chi connectivity index (χ0v) is 6.99. The second-order valence-corrected chi connectivity index (χ2v) is 3.42. The molecule has 0 heterocycles. The predicted molar refractivity (Wildman–Crippen MR) is 45.8 cm³/mol. The molecule has 0 saturated carbocycles. The minimum atomic E-state index is -0.681. The van der Waals surface area contributed by atoms with Crippen LogP contribution in [0.15, 0.2) is 18.2 Å². The van der Waals surface area contributed by atoms with Crippen molar-refractivity contribution < 1.29 is 10.2 Å². The number of rotatable bonds is 0. The first-order valence-electron chi connectivity index (χ1n) is 4.14. The van der Waals surface area contributed by atoms with Gasteiger partial charge in [-0.05, 0) is 18.1 Å². The molecule has 0 spiro atoms. The van der Waals surface area contributed by atoms with Crippen LogP contribution in [-0.2, 0) is 6.42 Å². The molecule has 2 atom stereocenters. The molecule has 2 unspecified atom stereocenters. The Bertz CT molecular complexity index is 307. The number of aliphatic hydroxyl groups excluding tert-OH is 2. The largest absolute Gasteiger partial charge is 0.390 e. The third-order valence-corrected chi connectivity index (χ3v) is 2.41. The molecule has 0 fully saturated rings. The van der Waals surface area contributed by atoms with E-state index in [1.165, 1.54) is 0 Å². The summed E-state index contributed by atoms with van der Waals surface area (Å²) < 4.78 is 0. The Kier molecular flexibility index (Phi) is 1.67. The first kappa shape index (κ1) is 7.77. The van der Waals surface area contributed by atoms with Gasteiger partial charge in [-0.2, -0.15) is 0 Å². The molecule has 0 saturated heterocycles. The van der Waals surface area contributed by atoms with Crippen LogP contribution in [0.4, 0.5) is 0 Å². The van der Waals surface area contributed by atoms with E-state index in [-0.39, 0.29) is 0 Å². The van der Waals surface area contributed by atoms with Crippen LogP contribution in [0.2, 0.25) is 0 Å². The SMILES string of the molecule is Cc1ccc2c(c1)C(O)C(O)C2. The van der Waals surface area contributed by atoms with Gasteiger partial charge < -0.3 is 10.2 Å². The number of aryl methyl sites for hydroxylation is 1. The quantitative estimate of drug-likeness (QED) is 0.599. The van der Waals surface area contributed by atoms with E-state index in [2.05, 4.69) is 0 Å². The zero-order valence-electron chi connectivity index (χ0n) is 6.99. The number of aliphatic hydroxyl groups is 2. The Labute approximate surface area is 71.5 Å². The smallest absolute Gasteiger partial charge is 0.105 e. The summed E-state index contributed by atoms with van der Waals surface area (Å²) in [6.45, 7) is 1.98. The maximum absolute atomic E-state index is 9.52. The van der Waals surface area contributed by atoms with Crippen molar-refractivity contribution in [3.63, 3.8) is 0 Å². The van der Waals surface area contributed by atoms with Gasteiger partial charge in [0.1, 0.15) is 6.10 Å². The molecule has 1 aromatic carbocycles. The van der Waals surface area contributed by atoms with Crippen LogP contribution in [0.1, 0.15) is 22.8 Å².